The maximum Gasteiger partial charge on any atom is 0.337 e. The molecule has 4 amide bonds. The number of barbiturate groups is 1. The van der Waals surface area contributed by atoms with E-state index in [0.717, 1.165) is 12.1 Å². The summed E-state index contributed by atoms with van der Waals surface area (Å²) in [5.74, 6) is -2.30. The number of nitro groups is 1. The van der Waals surface area contributed by atoms with Crippen LogP contribution in [0.5, 0.6) is 0 Å². The van der Waals surface area contributed by atoms with E-state index < -0.39 is 28.7 Å². The number of benzene rings is 2. The predicted octanol–water partition coefficient (Wildman–Crippen LogP) is 2.05. The lowest BCUT2D eigenvalue weighted by atomic mass is 10.1. The molecule has 3 rings (SSSR count). The Morgan fingerprint density at radius 1 is 1.07 bits per heavy atom. The molecule has 0 saturated carbocycles. The van der Waals surface area contributed by atoms with Gasteiger partial charge in [-0.25, -0.2) is 14.5 Å². The molecule has 29 heavy (non-hydrogen) atoms. The Kier molecular flexibility index (Phi) is 5.17. The Morgan fingerprint density at radius 3 is 2.24 bits per heavy atom. The standard InChI is InChI=1S/C19H13N3O7/c1-29-18(25)12-4-2-11(3-5-12)10-15-16(23)20-19(26)21(17(15)24)13-6-8-14(9-7-13)22(27)28/h2-10H,1H3,(H,20,23,26)/b15-10+. The quantitative estimate of drug-likeness (QED) is 0.275. The molecule has 1 saturated heterocycles. The van der Waals surface area contributed by atoms with Crippen molar-refractivity contribution in [1.82, 2.24) is 5.32 Å². The van der Waals surface area contributed by atoms with Gasteiger partial charge < -0.3 is 4.74 Å². The number of methoxy groups -OCH3 is 1. The Labute approximate surface area is 163 Å². The smallest absolute Gasteiger partial charge is 0.337 e. The van der Waals surface area contributed by atoms with Crippen molar-refractivity contribution in [2.45, 2.75) is 0 Å². The van der Waals surface area contributed by atoms with Crippen LogP contribution in [-0.2, 0) is 14.3 Å². The van der Waals surface area contributed by atoms with Crippen LogP contribution in [0.25, 0.3) is 6.08 Å². The molecule has 0 unspecified atom stereocenters. The van der Waals surface area contributed by atoms with Crippen molar-refractivity contribution in [2.24, 2.45) is 0 Å². The van der Waals surface area contributed by atoms with E-state index in [9.17, 15) is 29.3 Å². The number of urea groups is 1. The third kappa shape index (κ3) is 3.86. The second-order valence-electron chi connectivity index (χ2n) is 5.84. The Hall–Kier alpha value is -4.34. The number of esters is 1. The number of amides is 4. The topological polar surface area (TPSA) is 136 Å². The Bertz CT molecular complexity index is 1060. The molecular formula is C19H13N3O7. The fourth-order valence-electron chi connectivity index (χ4n) is 2.62. The second kappa shape index (κ2) is 7.72. The molecule has 10 nitrogen and oxygen atoms in total. The number of non-ortho nitro benzene ring substituents is 1. The first kappa shape index (κ1) is 19.4. The SMILES string of the molecule is COC(=O)c1ccc(/C=C2\C(=O)NC(=O)N(c3ccc([N+](=O)[O-])cc3)C2=O)cc1. The molecule has 1 fully saturated rings. The summed E-state index contributed by atoms with van der Waals surface area (Å²) >= 11 is 0. The largest absolute Gasteiger partial charge is 0.465 e. The third-order valence-electron chi connectivity index (χ3n) is 4.06. The van der Waals surface area contributed by atoms with Crippen molar-refractivity contribution in [1.29, 1.82) is 0 Å². The fourth-order valence-corrected chi connectivity index (χ4v) is 2.62. The van der Waals surface area contributed by atoms with Crippen LogP contribution in [0.4, 0.5) is 16.2 Å². The van der Waals surface area contributed by atoms with Crippen LogP contribution < -0.4 is 10.2 Å². The molecule has 0 spiro atoms. The summed E-state index contributed by atoms with van der Waals surface area (Å²) in [7, 11) is 1.24. The Balaban J connectivity index is 1.93. The summed E-state index contributed by atoms with van der Waals surface area (Å²) in [5.41, 5.74) is 0.272. The van der Waals surface area contributed by atoms with Crippen molar-refractivity contribution >= 4 is 41.3 Å². The van der Waals surface area contributed by atoms with Gasteiger partial charge in [-0.3, -0.25) is 25.0 Å². The number of imide groups is 2. The molecule has 0 atom stereocenters. The molecule has 0 radical (unpaired) electrons. The van der Waals surface area contributed by atoms with Crippen molar-refractivity contribution in [3.8, 4) is 0 Å². The van der Waals surface area contributed by atoms with Crippen molar-refractivity contribution in [3.05, 3.63) is 75.3 Å². The highest BCUT2D eigenvalue weighted by molar-refractivity contribution is 6.39. The van der Waals surface area contributed by atoms with E-state index in [1.807, 2.05) is 0 Å². The van der Waals surface area contributed by atoms with Crippen LogP contribution >= 0.6 is 0 Å². The van der Waals surface area contributed by atoms with E-state index in [0.29, 0.717) is 10.5 Å². The normalized spacial score (nSPS) is 15.3. The van der Waals surface area contributed by atoms with Gasteiger partial charge in [0, 0.05) is 12.1 Å². The highest BCUT2D eigenvalue weighted by Gasteiger charge is 2.36. The van der Waals surface area contributed by atoms with Crippen LogP contribution in [0.1, 0.15) is 15.9 Å². The summed E-state index contributed by atoms with van der Waals surface area (Å²) in [6, 6.07) is 9.71. The molecular weight excluding hydrogens is 382 g/mol. The summed E-state index contributed by atoms with van der Waals surface area (Å²) < 4.78 is 4.60. The van der Waals surface area contributed by atoms with E-state index in [2.05, 4.69) is 10.1 Å². The minimum Gasteiger partial charge on any atom is -0.465 e. The summed E-state index contributed by atoms with van der Waals surface area (Å²) in [6.45, 7) is 0. The molecule has 10 heteroatoms. The fraction of sp³-hybridized carbons (Fsp3) is 0.0526. The lowest BCUT2D eigenvalue weighted by Crippen LogP contribution is -2.54. The molecule has 1 N–H and O–H groups in total. The van der Waals surface area contributed by atoms with Gasteiger partial charge in [-0.05, 0) is 35.9 Å². The average Bonchev–Trinajstić information content (AvgIpc) is 2.71. The van der Waals surface area contributed by atoms with Crippen LogP contribution in [0.3, 0.4) is 0 Å². The number of hydrogen-bond acceptors (Lipinski definition) is 7. The lowest BCUT2D eigenvalue weighted by molar-refractivity contribution is -0.384. The van der Waals surface area contributed by atoms with E-state index in [1.165, 1.54) is 49.6 Å². The van der Waals surface area contributed by atoms with E-state index in [4.69, 9.17) is 0 Å². The molecule has 1 aliphatic heterocycles. The van der Waals surface area contributed by atoms with Gasteiger partial charge in [0.05, 0.1) is 23.3 Å². The van der Waals surface area contributed by atoms with E-state index in [1.54, 1.807) is 0 Å². The molecule has 1 aliphatic rings. The maximum absolute atomic E-state index is 12.8. The number of carbonyl (C=O) groups excluding carboxylic acids is 4. The van der Waals surface area contributed by atoms with Crippen LogP contribution in [-0.4, -0.2) is 35.8 Å². The first-order chi connectivity index (χ1) is 13.8. The maximum atomic E-state index is 12.8. The second-order valence-corrected chi connectivity index (χ2v) is 5.84. The number of ether oxygens (including phenoxy) is 1. The van der Waals surface area contributed by atoms with Gasteiger partial charge >= 0.3 is 12.0 Å². The highest BCUT2D eigenvalue weighted by Crippen LogP contribution is 2.24. The minimum absolute atomic E-state index is 0.0672. The Morgan fingerprint density at radius 2 is 1.69 bits per heavy atom. The first-order valence-corrected chi connectivity index (χ1v) is 8.16. The van der Waals surface area contributed by atoms with Gasteiger partial charge in [0.15, 0.2) is 0 Å². The third-order valence-corrected chi connectivity index (χ3v) is 4.06. The summed E-state index contributed by atoms with van der Waals surface area (Å²) in [6.07, 6.45) is 1.27. The zero-order valence-electron chi connectivity index (χ0n) is 14.9. The molecule has 2 aromatic rings. The van der Waals surface area contributed by atoms with Crippen molar-refractivity contribution < 1.29 is 28.8 Å². The van der Waals surface area contributed by atoms with Gasteiger partial charge in [-0.1, -0.05) is 12.1 Å². The van der Waals surface area contributed by atoms with Gasteiger partial charge in [0.25, 0.3) is 17.5 Å². The molecule has 0 aliphatic carbocycles. The van der Waals surface area contributed by atoms with Crippen molar-refractivity contribution in [2.75, 3.05) is 12.0 Å². The molecule has 0 bridgehead atoms. The monoisotopic (exact) mass is 395 g/mol. The van der Waals surface area contributed by atoms with Crippen LogP contribution in [0.2, 0.25) is 0 Å². The molecule has 1 heterocycles. The van der Waals surface area contributed by atoms with E-state index in [-0.39, 0.29) is 22.5 Å². The van der Waals surface area contributed by atoms with Crippen molar-refractivity contribution in [3.63, 3.8) is 0 Å². The summed E-state index contributed by atoms with van der Waals surface area (Å²) in [4.78, 5) is 59.4. The molecule has 0 aromatic heterocycles. The average molecular weight is 395 g/mol. The first-order valence-electron chi connectivity index (χ1n) is 8.16. The van der Waals surface area contributed by atoms with E-state index >= 15 is 0 Å². The number of nitrogens with zero attached hydrogens (tertiary/aromatic N) is 2. The van der Waals surface area contributed by atoms with Gasteiger partial charge in [0.1, 0.15) is 5.57 Å². The predicted molar refractivity (Wildman–Crippen MR) is 99.9 cm³/mol. The van der Waals surface area contributed by atoms with Gasteiger partial charge in [0.2, 0.25) is 0 Å². The zero-order chi connectivity index (χ0) is 21.1. The number of nitro benzene ring substituents is 1. The van der Waals surface area contributed by atoms with Gasteiger partial charge in [-0.15, -0.1) is 0 Å². The number of hydrogen-bond donors (Lipinski definition) is 1. The number of anilines is 1. The summed E-state index contributed by atoms with van der Waals surface area (Å²) in [5, 5.41) is 12.8. The molecule has 146 valence electrons. The number of carbonyl (C=O) groups is 4. The molecule has 2 aromatic carbocycles. The van der Waals surface area contributed by atoms with Crippen LogP contribution in [0, 0.1) is 10.1 Å². The number of rotatable bonds is 4. The highest BCUT2D eigenvalue weighted by atomic mass is 16.6. The van der Waals surface area contributed by atoms with Gasteiger partial charge in [-0.2, -0.15) is 0 Å². The lowest BCUT2D eigenvalue weighted by Gasteiger charge is -2.26. The van der Waals surface area contributed by atoms with Crippen LogP contribution in [0.15, 0.2) is 54.1 Å². The minimum atomic E-state index is -0.966. The number of nitrogens with one attached hydrogen (secondary N) is 1. The zero-order valence-corrected chi connectivity index (χ0v) is 14.9.